The van der Waals surface area contributed by atoms with Gasteiger partial charge in [-0.3, -0.25) is 0 Å². The molecule has 0 unspecified atom stereocenters. The number of aromatic nitrogens is 1. The van der Waals surface area contributed by atoms with Crippen LogP contribution in [0.4, 0.5) is 5.69 Å². The molecule has 2 heterocycles. The van der Waals surface area contributed by atoms with Crippen molar-refractivity contribution in [1.82, 2.24) is 8.87 Å². The van der Waals surface area contributed by atoms with Gasteiger partial charge in [-0.05, 0) is 84.7 Å². The summed E-state index contributed by atoms with van der Waals surface area (Å²) < 4.78 is 42.0. The number of thiazole rings is 1. The minimum Gasteiger partial charge on any atom is -0.493 e. The van der Waals surface area contributed by atoms with Crippen LogP contribution in [0.25, 0.3) is 11.3 Å². The number of hydrogen-bond donors (Lipinski definition) is 0. The fourth-order valence-corrected chi connectivity index (χ4v) is 8.43. The number of rotatable bonds is 11. The largest absolute Gasteiger partial charge is 0.493 e. The van der Waals surface area contributed by atoms with E-state index in [0.717, 1.165) is 53.0 Å². The lowest BCUT2D eigenvalue weighted by Crippen LogP contribution is -2.38. The second kappa shape index (κ2) is 14.5. The number of nitrogens with zero attached hydrogens (tertiary/aromatic N) is 3. The zero-order chi connectivity index (χ0) is 31.9. The third-order valence-corrected chi connectivity index (χ3v) is 11.4. The van der Waals surface area contributed by atoms with Gasteiger partial charge in [-0.15, -0.1) is 11.3 Å². The molecule has 0 radical (unpaired) electrons. The van der Waals surface area contributed by atoms with Gasteiger partial charge in [0.05, 0.1) is 30.5 Å². The molecular weight excluding hydrogens is 615 g/mol. The first-order chi connectivity index (χ1) is 22.4. The summed E-state index contributed by atoms with van der Waals surface area (Å²) in [5.74, 6) is 1.89. The third kappa shape index (κ3) is 7.28. The average Bonchev–Trinajstić information content (AvgIpc) is 3.50. The normalized spacial score (nSPS) is 14.8. The number of aryl methyl sites for hydroxylation is 1. The lowest BCUT2D eigenvalue weighted by molar-refractivity contribution is 0.273. The van der Waals surface area contributed by atoms with Gasteiger partial charge < -0.3 is 14.0 Å². The van der Waals surface area contributed by atoms with Crippen LogP contribution in [0.2, 0.25) is 0 Å². The number of hydrogen-bond acceptors (Lipinski definition) is 6. The van der Waals surface area contributed by atoms with Crippen molar-refractivity contribution >= 4 is 27.0 Å². The van der Waals surface area contributed by atoms with Gasteiger partial charge in [0.2, 0.25) is 10.0 Å². The van der Waals surface area contributed by atoms with Crippen molar-refractivity contribution in [2.75, 3.05) is 27.3 Å². The summed E-state index contributed by atoms with van der Waals surface area (Å²) in [4.78, 5) is 6.15. The van der Waals surface area contributed by atoms with E-state index in [1.807, 2.05) is 66.7 Å². The number of methoxy groups -OCH3 is 2. The molecule has 1 aliphatic heterocycles. The molecule has 7 nitrogen and oxygen atoms in total. The van der Waals surface area contributed by atoms with Crippen LogP contribution < -0.4 is 14.3 Å². The molecule has 46 heavy (non-hydrogen) atoms. The van der Waals surface area contributed by atoms with Crippen LogP contribution in [0.5, 0.6) is 11.5 Å². The highest BCUT2D eigenvalue weighted by Gasteiger charge is 2.29. The highest BCUT2D eigenvalue weighted by Crippen LogP contribution is 2.30. The van der Waals surface area contributed by atoms with Gasteiger partial charge in [0, 0.05) is 25.0 Å². The fourth-order valence-electron chi connectivity index (χ4n) is 6.00. The molecule has 238 valence electrons. The molecule has 1 aromatic heterocycles. The van der Waals surface area contributed by atoms with Crippen molar-refractivity contribution < 1.29 is 17.9 Å². The number of piperidine rings is 1. The Bertz CT molecular complexity index is 1910. The molecule has 0 N–H and O–H groups in total. The van der Waals surface area contributed by atoms with Crippen molar-refractivity contribution in [3.63, 3.8) is 0 Å². The quantitative estimate of drug-likeness (QED) is 0.149. The van der Waals surface area contributed by atoms with Crippen molar-refractivity contribution in [3.05, 3.63) is 124 Å². The summed E-state index contributed by atoms with van der Waals surface area (Å²) in [5, 5.41) is 2.09. The average molecular weight is 654 g/mol. The SMILES string of the molecule is COc1ccc(CCn2c(-c3ccc(S(=O)(=O)N4CCC(Cc5ccccc5)CC4)cc3)csc2=Nc2ccccc2)cc1OC. The molecule has 0 amide bonds. The molecule has 6 rings (SSSR count). The Morgan fingerprint density at radius 1 is 0.804 bits per heavy atom. The maximum Gasteiger partial charge on any atom is 0.243 e. The summed E-state index contributed by atoms with van der Waals surface area (Å²) >= 11 is 1.57. The Balaban J connectivity index is 1.22. The van der Waals surface area contributed by atoms with Crippen molar-refractivity contribution in [2.45, 2.75) is 37.1 Å². The van der Waals surface area contributed by atoms with E-state index in [2.05, 4.69) is 34.2 Å². The van der Waals surface area contributed by atoms with Crippen LogP contribution in [0.1, 0.15) is 24.0 Å². The molecule has 0 spiro atoms. The zero-order valence-electron chi connectivity index (χ0n) is 26.2. The number of sulfonamides is 1. The molecule has 1 fully saturated rings. The lowest BCUT2D eigenvalue weighted by atomic mass is 9.91. The number of para-hydroxylation sites is 1. The standard InChI is InChI=1S/C37H39N3O4S2/c1-43-35-18-13-29(26-36(35)44-2)21-24-40-34(27-45-37(40)38-32-11-7-4-8-12-32)31-14-16-33(17-15-31)46(41,42)39-22-19-30(20-23-39)25-28-9-5-3-6-10-28/h3-18,26-27,30H,19-25H2,1-2H3. The van der Waals surface area contributed by atoms with Crippen molar-refractivity contribution in [1.29, 1.82) is 0 Å². The summed E-state index contributed by atoms with van der Waals surface area (Å²) in [6.07, 6.45) is 3.48. The van der Waals surface area contributed by atoms with Gasteiger partial charge in [-0.1, -0.05) is 66.7 Å². The molecular formula is C37H39N3O4S2. The first-order valence-electron chi connectivity index (χ1n) is 15.6. The topological polar surface area (TPSA) is 73.1 Å². The molecule has 0 aliphatic carbocycles. The monoisotopic (exact) mass is 653 g/mol. The van der Waals surface area contributed by atoms with Gasteiger partial charge in [0.25, 0.3) is 0 Å². The van der Waals surface area contributed by atoms with Crippen LogP contribution in [0, 0.1) is 5.92 Å². The highest BCUT2D eigenvalue weighted by molar-refractivity contribution is 7.89. The molecule has 5 aromatic rings. The Hall–Kier alpha value is -4.18. The van der Waals surface area contributed by atoms with E-state index in [9.17, 15) is 8.42 Å². The minimum atomic E-state index is -3.57. The number of benzene rings is 4. The molecule has 9 heteroatoms. The maximum absolute atomic E-state index is 13.6. The van der Waals surface area contributed by atoms with Gasteiger partial charge in [-0.25, -0.2) is 13.4 Å². The zero-order valence-corrected chi connectivity index (χ0v) is 27.8. The molecule has 0 atom stereocenters. The van der Waals surface area contributed by atoms with E-state index in [4.69, 9.17) is 14.5 Å². The predicted molar refractivity (Wildman–Crippen MR) is 184 cm³/mol. The molecule has 0 saturated carbocycles. The van der Waals surface area contributed by atoms with Crippen LogP contribution in [-0.2, 0) is 29.4 Å². The summed E-state index contributed by atoms with van der Waals surface area (Å²) in [5.41, 5.74) is 5.24. The van der Waals surface area contributed by atoms with Gasteiger partial charge in [0.15, 0.2) is 16.3 Å². The number of ether oxygens (including phenoxy) is 2. The van der Waals surface area contributed by atoms with Crippen molar-refractivity contribution in [3.8, 4) is 22.8 Å². The predicted octanol–water partition coefficient (Wildman–Crippen LogP) is 7.35. The first-order valence-corrected chi connectivity index (χ1v) is 17.9. The summed E-state index contributed by atoms with van der Waals surface area (Å²) in [7, 11) is -0.299. The van der Waals surface area contributed by atoms with Crippen molar-refractivity contribution in [2.24, 2.45) is 10.9 Å². The highest BCUT2D eigenvalue weighted by atomic mass is 32.2. The van der Waals surface area contributed by atoms with E-state index < -0.39 is 10.0 Å². The van der Waals surface area contributed by atoms with E-state index >= 15 is 0 Å². The van der Waals surface area contributed by atoms with Gasteiger partial charge >= 0.3 is 0 Å². The van der Waals surface area contributed by atoms with Gasteiger partial charge in [0.1, 0.15) is 0 Å². The summed E-state index contributed by atoms with van der Waals surface area (Å²) in [6, 6.07) is 33.6. The van der Waals surface area contributed by atoms with Crippen LogP contribution >= 0.6 is 11.3 Å². The van der Waals surface area contributed by atoms with E-state index in [1.54, 1.807) is 42.0 Å². The van der Waals surface area contributed by atoms with Crippen LogP contribution in [0.15, 0.2) is 118 Å². The Morgan fingerprint density at radius 2 is 1.48 bits per heavy atom. The first kappa shape index (κ1) is 31.8. The second-order valence-electron chi connectivity index (χ2n) is 11.5. The molecule has 4 aromatic carbocycles. The Morgan fingerprint density at radius 3 is 2.15 bits per heavy atom. The molecule has 1 saturated heterocycles. The smallest absolute Gasteiger partial charge is 0.243 e. The Labute approximate surface area is 275 Å². The molecule has 0 bridgehead atoms. The maximum atomic E-state index is 13.6. The molecule has 1 aliphatic rings. The van der Waals surface area contributed by atoms with E-state index in [0.29, 0.717) is 41.9 Å². The minimum absolute atomic E-state index is 0.332. The van der Waals surface area contributed by atoms with Crippen LogP contribution in [-0.4, -0.2) is 44.6 Å². The fraction of sp³-hybridized carbons (Fsp3) is 0.270. The van der Waals surface area contributed by atoms with Crippen LogP contribution in [0.3, 0.4) is 0 Å². The Kier molecular flexibility index (Phi) is 10.0. The third-order valence-electron chi connectivity index (χ3n) is 8.58. The summed E-state index contributed by atoms with van der Waals surface area (Å²) in [6.45, 7) is 1.77. The second-order valence-corrected chi connectivity index (χ2v) is 14.3. The lowest BCUT2D eigenvalue weighted by Gasteiger charge is -2.31. The van der Waals surface area contributed by atoms with E-state index in [-0.39, 0.29) is 0 Å². The van der Waals surface area contributed by atoms with E-state index in [1.165, 1.54) is 5.56 Å². The van der Waals surface area contributed by atoms with Gasteiger partial charge in [-0.2, -0.15) is 4.31 Å².